The van der Waals surface area contributed by atoms with Crippen LogP contribution in [0.1, 0.15) is 41.6 Å². The summed E-state index contributed by atoms with van der Waals surface area (Å²) in [4.78, 5) is 12.1. The van der Waals surface area contributed by atoms with E-state index in [1.54, 1.807) is 12.1 Å². The number of fused-ring (bicyclic) bond motifs is 1. The molecule has 0 spiro atoms. The monoisotopic (exact) mass is 343 g/mol. The van der Waals surface area contributed by atoms with Crippen molar-refractivity contribution in [1.29, 1.82) is 0 Å². The fraction of sp³-hybridized carbons (Fsp3) is 0.350. The van der Waals surface area contributed by atoms with Crippen LogP contribution in [0.5, 0.6) is 0 Å². The van der Waals surface area contributed by atoms with E-state index in [4.69, 9.17) is 0 Å². The van der Waals surface area contributed by atoms with E-state index in [0.29, 0.717) is 17.1 Å². The van der Waals surface area contributed by atoms with Gasteiger partial charge in [-0.1, -0.05) is 36.4 Å². The Bertz CT molecular complexity index is 731. The second-order valence-electron chi connectivity index (χ2n) is 6.26. The third-order valence-electron chi connectivity index (χ3n) is 4.45. The van der Waals surface area contributed by atoms with Crippen LogP contribution >= 0.6 is 11.8 Å². The van der Waals surface area contributed by atoms with Crippen molar-refractivity contribution in [3.05, 3.63) is 70.5 Å². The smallest absolute Gasteiger partial charge is 0.230 e. The topological polar surface area (TPSA) is 29.1 Å². The van der Waals surface area contributed by atoms with E-state index in [1.165, 1.54) is 41.8 Å². The van der Waals surface area contributed by atoms with Gasteiger partial charge in [0.25, 0.3) is 0 Å². The molecule has 24 heavy (non-hydrogen) atoms. The van der Waals surface area contributed by atoms with E-state index in [9.17, 15) is 9.18 Å². The molecule has 0 radical (unpaired) electrons. The van der Waals surface area contributed by atoms with Crippen molar-refractivity contribution in [3.63, 3.8) is 0 Å². The van der Waals surface area contributed by atoms with E-state index in [0.717, 1.165) is 12.0 Å². The summed E-state index contributed by atoms with van der Waals surface area (Å²) in [6.45, 7) is 2.01. The minimum Gasteiger partial charge on any atom is -0.349 e. The number of halogens is 1. The van der Waals surface area contributed by atoms with Crippen LogP contribution in [0, 0.1) is 5.82 Å². The lowest BCUT2D eigenvalue weighted by atomic mass is 10.0. The SMILES string of the molecule is CC(NC(=O)CSCc1ccccc1F)c1ccc2c(c1)CCC2. The van der Waals surface area contributed by atoms with E-state index in [2.05, 4.69) is 23.5 Å². The van der Waals surface area contributed by atoms with Crippen LogP contribution in [0.2, 0.25) is 0 Å². The maximum Gasteiger partial charge on any atom is 0.230 e. The van der Waals surface area contributed by atoms with E-state index in [-0.39, 0.29) is 17.8 Å². The van der Waals surface area contributed by atoms with Gasteiger partial charge in [-0.3, -0.25) is 4.79 Å². The molecule has 0 fully saturated rings. The summed E-state index contributed by atoms with van der Waals surface area (Å²) in [5, 5.41) is 3.03. The molecule has 1 unspecified atom stereocenters. The molecule has 0 saturated heterocycles. The lowest BCUT2D eigenvalue weighted by Gasteiger charge is -2.15. The Labute approximate surface area is 146 Å². The third kappa shape index (κ3) is 4.18. The first-order chi connectivity index (χ1) is 11.6. The van der Waals surface area contributed by atoms with Gasteiger partial charge in [-0.05, 0) is 54.5 Å². The average Bonchev–Trinajstić information content (AvgIpc) is 3.04. The number of hydrogen-bond acceptors (Lipinski definition) is 2. The summed E-state index contributed by atoms with van der Waals surface area (Å²) in [5.74, 6) is 0.623. The van der Waals surface area contributed by atoms with Gasteiger partial charge < -0.3 is 5.32 Å². The van der Waals surface area contributed by atoms with Crippen LogP contribution in [-0.2, 0) is 23.4 Å². The lowest BCUT2D eigenvalue weighted by molar-refractivity contribution is -0.119. The zero-order valence-electron chi connectivity index (χ0n) is 13.8. The minimum atomic E-state index is -0.211. The highest BCUT2D eigenvalue weighted by atomic mass is 32.2. The van der Waals surface area contributed by atoms with Crippen molar-refractivity contribution in [3.8, 4) is 0 Å². The maximum absolute atomic E-state index is 13.5. The second-order valence-corrected chi connectivity index (χ2v) is 7.24. The standard InChI is InChI=1S/C20H22FNOS/c1-14(16-10-9-15-6-4-7-17(15)11-16)22-20(23)13-24-12-18-5-2-3-8-19(18)21/h2-3,5,8-11,14H,4,6-7,12-13H2,1H3,(H,22,23). The number of carbonyl (C=O) groups excluding carboxylic acids is 1. The van der Waals surface area contributed by atoms with Crippen molar-refractivity contribution < 1.29 is 9.18 Å². The molecule has 2 aromatic rings. The molecule has 0 heterocycles. The largest absolute Gasteiger partial charge is 0.349 e. The molecule has 0 aliphatic heterocycles. The Balaban J connectivity index is 1.48. The van der Waals surface area contributed by atoms with Gasteiger partial charge in [-0.15, -0.1) is 11.8 Å². The van der Waals surface area contributed by atoms with Crippen LogP contribution in [0.15, 0.2) is 42.5 Å². The quantitative estimate of drug-likeness (QED) is 0.841. The van der Waals surface area contributed by atoms with Crippen molar-refractivity contribution in [2.45, 2.75) is 38.0 Å². The molecule has 0 saturated carbocycles. The van der Waals surface area contributed by atoms with Crippen LogP contribution in [0.25, 0.3) is 0 Å². The number of hydrogen-bond donors (Lipinski definition) is 1. The van der Waals surface area contributed by atoms with E-state index in [1.807, 2.05) is 13.0 Å². The van der Waals surface area contributed by atoms with Gasteiger partial charge in [0.2, 0.25) is 5.91 Å². The fourth-order valence-electron chi connectivity index (χ4n) is 3.10. The first-order valence-corrected chi connectivity index (χ1v) is 9.51. The Kier molecular flexibility index (Phi) is 5.56. The summed E-state index contributed by atoms with van der Waals surface area (Å²) < 4.78 is 13.5. The van der Waals surface area contributed by atoms with Crippen LogP contribution < -0.4 is 5.32 Å². The molecule has 1 amide bonds. The first-order valence-electron chi connectivity index (χ1n) is 8.35. The number of rotatable bonds is 6. The number of aryl methyl sites for hydroxylation is 2. The van der Waals surface area contributed by atoms with Crippen molar-refractivity contribution in [1.82, 2.24) is 5.32 Å². The Morgan fingerprint density at radius 1 is 1.21 bits per heavy atom. The predicted molar refractivity (Wildman–Crippen MR) is 97.6 cm³/mol. The maximum atomic E-state index is 13.5. The first kappa shape index (κ1) is 17.0. The lowest BCUT2D eigenvalue weighted by Crippen LogP contribution is -2.28. The summed E-state index contributed by atoms with van der Waals surface area (Å²) in [7, 11) is 0. The summed E-state index contributed by atoms with van der Waals surface area (Å²) in [6.07, 6.45) is 3.54. The number of amides is 1. The van der Waals surface area contributed by atoms with Gasteiger partial charge in [0, 0.05) is 5.75 Å². The highest BCUT2D eigenvalue weighted by Gasteiger charge is 2.15. The number of thioether (sulfide) groups is 1. The minimum absolute atomic E-state index is 0.00235. The zero-order chi connectivity index (χ0) is 16.9. The van der Waals surface area contributed by atoms with Crippen molar-refractivity contribution in [2.75, 3.05) is 5.75 Å². The number of nitrogens with one attached hydrogen (secondary N) is 1. The molecular weight excluding hydrogens is 321 g/mol. The average molecular weight is 343 g/mol. The molecular formula is C20H22FNOS. The Hall–Kier alpha value is -1.81. The van der Waals surface area contributed by atoms with Gasteiger partial charge in [0.1, 0.15) is 5.82 Å². The van der Waals surface area contributed by atoms with E-state index >= 15 is 0 Å². The highest BCUT2D eigenvalue weighted by Crippen LogP contribution is 2.25. The van der Waals surface area contributed by atoms with Gasteiger partial charge in [0.15, 0.2) is 0 Å². The molecule has 1 atom stereocenters. The molecule has 0 aromatic heterocycles. The van der Waals surface area contributed by atoms with Crippen LogP contribution in [0.3, 0.4) is 0 Å². The van der Waals surface area contributed by atoms with E-state index < -0.39 is 0 Å². The molecule has 1 aliphatic rings. The van der Waals surface area contributed by atoms with Gasteiger partial charge in [0.05, 0.1) is 11.8 Å². The van der Waals surface area contributed by atoms with Gasteiger partial charge in [-0.25, -0.2) is 4.39 Å². The van der Waals surface area contributed by atoms with Crippen LogP contribution in [0.4, 0.5) is 4.39 Å². The summed E-state index contributed by atoms with van der Waals surface area (Å²) in [5.41, 5.74) is 4.66. The molecule has 1 N–H and O–H groups in total. The normalized spacial score (nSPS) is 14.2. The Morgan fingerprint density at radius 3 is 2.83 bits per heavy atom. The highest BCUT2D eigenvalue weighted by molar-refractivity contribution is 7.99. The molecule has 4 heteroatoms. The number of carbonyl (C=O) groups is 1. The van der Waals surface area contributed by atoms with Crippen molar-refractivity contribution >= 4 is 17.7 Å². The number of benzene rings is 2. The molecule has 126 valence electrons. The van der Waals surface area contributed by atoms with Gasteiger partial charge >= 0.3 is 0 Å². The molecule has 0 bridgehead atoms. The summed E-state index contributed by atoms with van der Waals surface area (Å²) in [6, 6.07) is 13.2. The molecule has 2 nitrogen and oxygen atoms in total. The molecule has 2 aromatic carbocycles. The third-order valence-corrected chi connectivity index (χ3v) is 5.43. The second kappa shape index (κ2) is 7.84. The van der Waals surface area contributed by atoms with Crippen LogP contribution in [-0.4, -0.2) is 11.7 Å². The Morgan fingerprint density at radius 2 is 2.00 bits per heavy atom. The van der Waals surface area contributed by atoms with Gasteiger partial charge in [-0.2, -0.15) is 0 Å². The fourth-order valence-corrected chi connectivity index (χ4v) is 3.92. The molecule has 3 rings (SSSR count). The summed E-state index contributed by atoms with van der Waals surface area (Å²) >= 11 is 1.43. The zero-order valence-corrected chi connectivity index (χ0v) is 14.7. The predicted octanol–water partition coefficient (Wildman–Crippen LogP) is 4.43. The van der Waals surface area contributed by atoms with Crippen molar-refractivity contribution in [2.24, 2.45) is 0 Å². The molecule has 1 aliphatic carbocycles.